The van der Waals surface area contributed by atoms with Crippen LogP contribution >= 0.6 is 0 Å². The minimum absolute atomic E-state index is 0.0884. The molecule has 0 aromatic heterocycles. The molecule has 2 aromatic rings. The van der Waals surface area contributed by atoms with E-state index in [2.05, 4.69) is 5.32 Å². The predicted octanol–water partition coefficient (Wildman–Crippen LogP) is 4.41. The standard InChI is InChI=1S/C25H25NO4/c1-16-22(25(28)30-15-17-7-4-3-5-8-17)23(18-11-13-19(29-2)14-12-18)24-20(26-16)9-6-10-21(24)27/h3-5,7-8,11-14,23,26H,6,9-10,15H2,1-2H3/t23-/m0/s1. The zero-order valence-electron chi connectivity index (χ0n) is 17.2. The third-order valence-electron chi connectivity index (χ3n) is 5.66. The van der Waals surface area contributed by atoms with Crippen molar-refractivity contribution in [2.24, 2.45) is 0 Å². The molecule has 1 atom stereocenters. The summed E-state index contributed by atoms with van der Waals surface area (Å²) in [6.07, 6.45) is 2.12. The Kier molecular flexibility index (Phi) is 5.70. The van der Waals surface area contributed by atoms with Gasteiger partial charge in [-0.15, -0.1) is 0 Å². The van der Waals surface area contributed by atoms with Crippen molar-refractivity contribution in [3.63, 3.8) is 0 Å². The van der Waals surface area contributed by atoms with Gasteiger partial charge in [-0.25, -0.2) is 4.79 Å². The number of hydrogen-bond acceptors (Lipinski definition) is 5. The van der Waals surface area contributed by atoms with E-state index in [-0.39, 0.29) is 12.4 Å². The first-order valence-corrected chi connectivity index (χ1v) is 10.2. The van der Waals surface area contributed by atoms with Crippen LogP contribution in [0.5, 0.6) is 5.75 Å². The molecular weight excluding hydrogens is 378 g/mol. The first-order chi connectivity index (χ1) is 14.6. The van der Waals surface area contributed by atoms with Crippen LogP contribution in [0.25, 0.3) is 0 Å². The Morgan fingerprint density at radius 2 is 1.80 bits per heavy atom. The largest absolute Gasteiger partial charge is 0.497 e. The Labute approximate surface area is 176 Å². The number of ketones is 1. The molecule has 1 aliphatic carbocycles. The van der Waals surface area contributed by atoms with Gasteiger partial charge in [-0.3, -0.25) is 4.79 Å². The van der Waals surface area contributed by atoms with Crippen LogP contribution in [0.3, 0.4) is 0 Å². The number of esters is 1. The maximum atomic E-state index is 13.2. The van der Waals surface area contributed by atoms with Crippen molar-refractivity contribution in [3.05, 3.63) is 88.3 Å². The molecule has 0 saturated heterocycles. The van der Waals surface area contributed by atoms with E-state index in [1.165, 1.54) is 0 Å². The zero-order chi connectivity index (χ0) is 21.1. The molecule has 0 unspecified atom stereocenters. The lowest BCUT2D eigenvalue weighted by molar-refractivity contribution is -0.140. The number of Topliss-reactive ketones (excluding diaryl/α,β-unsaturated/α-hetero) is 1. The minimum atomic E-state index is -0.441. The van der Waals surface area contributed by atoms with Crippen molar-refractivity contribution >= 4 is 11.8 Å². The quantitative estimate of drug-likeness (QED) is 0.750. The fourth-order valence-electron chi connectivity index (χ4n) is 4.18. The fraction of sp³-hybridized carbons (Fsp3) is 0.280. The first-order valence-electron chi connectivity index (χ1n) is 10.2. The Morgan fingerprint density at radius 3 is 2.50 bits per heavy atom. The summed E-state index contributed by atoms with van der Waals surface area (Å²) in [4.78, 5) is 26.1. The highest BCUT2D eigenvalue weighted by Crippen LogP contribution is 2.42. The van der Waals surface area contributed by atoms with Crippen molar-refractivity contribution in [1.82, 2.24) is 5.32 Å². The van der Waals surface area contributed by atoms with Gasteiger partial charge in [0.1, 0.15) is 12.4 Å². The lowest BCUT2D eigenvalue weighted by Gasteiger charge is -2.34. The molecule has 154 valence electrons. The predicted molar refractivity (Wildman–Crippen MR) is 114 cm³/mol. The maximum absolute atomic E-state index is 13.2. The van der Waals surface area contributed by atoms with Gasteiger partial charge in [-0.2, -0.15) is 0 Å². The second kappa shape index (κ2) is 8.57. The zero-order valence-corrected chi connectivity index (χ0v) is 17.2. The van der Waals surface area contributed by atoms with Gasteiger partial charge in [0.25, 0.3) is 0 Å². The highest BCUT2D eigenvalue weighted by atomic mass is 16.5. The van der Waals surface area contributed by atoms with E-state index < -0.39 is 11.9 Å². The van der Waals surface area contributed by atoms with Crippen molar-refractivity contribution in [2.45, 2.75) is 38.7 Å². The van der Waals surface area contributed by atoms with E-state index in [4.69, 9.17) is 9.47 Å². The Morgan fingerprint density at radius 1 is 1.07 bits per heavy atom. The average molecular weight is 403 g/mol. The summed E-state index contributed by atoms with van der Waals surface area (Å²) in [7, 11) is 1.61. The van der Waals surface area contributed by atoms with Crippen molar-refractivity contribution < 1.29 is 19.1 Å². The molecule has 0 radical (unpaired) electrons. The van der Waals surface area contributed by atoms with E-state index in [1.807, 2.05) is 61.5 Å². The number of rotatable bonds is 5. The van der Waals surface area contributed by atoms with Gasteiger partial charge in [-0.1, -0.05) is 42.5 Å². The van der Waals surface area contributed by atoms with E-state index in [9.17, 15) is 9.59 Å². The van der Waals surface area contributed by atoms with Gasteiger partial charge in [0.05, 0.1) is 12.7 Å². The van der Waals surface area contributed by atoms with Crippen LogP contribution in [0.2, 0.25) is 0 Å². The van der Waals surface area contributed by atoms with Crippen LogP contribution in [-0.4, -0.2) is 18.9 Å². The monoisotopic (exact) mass is 403 g/mol. The van der Waals surface area contributed by atoms with Gasteiger partial charge < -0.3 is 14.8 Å². The number of methoxy groups -OCH3 is 1. The minimum Gasteiger partial charge on any atom is -0.497 e. The third-order valence-corrected chi connectivity index (χ3v) is 5.66. The van der Waals surface area contributed by atoms with Crippen molar-refractivity contribution in [3.8, 4) is 5.75 Å². The summed E-state index contributed by atoms with van der Waals surface area (Å²) >= 11 is 0. The van der Waals surface area contributed by atoms with E-state index >= 15 is 0 Å². The van der Waals surface area contributed by atoms with E-state index in [1.54, 1.807) is 7.11 Å². The number of allylic oxidation sites excluding steroid dienone is 3. The normalized spacial score (nSPS) is 18.6. The molecule has 0 fully saturated rings. The molecule has 4 rings (SSSR count). The molecule has 0 amide bonds. The fourth-order valence-corrected chi connectivity index (χ4v) is 4.18. The molecule has 1 aliphatic heterocycles. The van der Waals surface area contributed by atoms with Gasteiger partial charge >= 0.3 is 5.97 Å². The Hall–Kier alpha value is -3.34. The molecule has 0 spiro atoms. The molecule has 1 N–H and O–H groups in total. The van der Waals surface area contributed by atoms with Gasteiger partial charge in [0, 0.05) is 29.3 Å². The smallest absolute Gasteiger partial charge is 0.337 e. The average Bonchev–Trinajstić information content (AvgIpc) is 2.77. The Bertz CT molecular complexity index is 1020. The summed E-state index contributed by atoms with van der Waals surface area (Å²) in [5.74, 6) is -0.0333. The highest BCUT2D eigenvalue weighted by Gasteiger charge is 2.39. The van der Waals surface area contributed by atoms with Crippen molar-refractivity contribution in [1.29, 1.82) is 0 Å². The molecule has 30 heavy (non-hydrogen) atoms. The lowest BCUT2D eigenvalue weighted by atomic mass is 9.75. The SMILES string of the molecule is COc1ccc([C@H]2C(C(=O)OCc3ccccc3)=C(C)NC3=C2C(=O)CCC3)cc1. The molecular formula is C25H25NO4. The summed E-state index contributed by atoms with van der Waals surface area (Å²) in [6, 6.07) is 17.1. The number of benzene rings is 2. The summed E-state index contributed by atoms with van der Waals surface area (Å²) in [5.41, 5.74) is 4.63. The van der Waals surface area contributed by atoms with Gasteiger partial charge in [0.15, 0.2) is 5.78 Å². The molecule has 0 bridgehead atoms. The molecule has 1 heterocycles. The summed E-state index contributed by atoms with van der Waals surface area (Å²) in [5, 5.41) is 3.31. The highest BCUT2D eigenvalue weighted by molar-refractivity contribution is 6.03. The number of carbonyl (C=O) groups excluding carboxylic acids is 2. The van der Waals surface area contributed by atoms with Crippen LogP contribution in [0.4, 0.5) is 0 Å². The summed E-state index contributed by atoms with van der Waals surface area (Å²) in [6.45, 7) is 2.06. The second-order valence-electron chi connectivity index (χ2n) is 7.60. The lowest BCUT2D eigenvalue weighted by Crippen LogP contribution is -2.34. The number of dihydropyridines is 1. The van der Waals surface area contributed by atoms with Crippen LogP contribution in [0.1, 0.15) is 43.2 Å². The molecule has 2 aromatic carbocycles. The van der Waals surface area contributed by atoms with Crippen LogP contribution in [0.15, 0.2) is 77.1 Å². The summed E-state index contributed by atoms with van der Waals surface area (Å²) < 4.78 is 10.9. The number of hydrogen-bond donors (Lipinski definition) is 1. The van der Waals surface area contributed by atoms with Crippen LogP contribution in [0, 0.1) is 0 Å². The molecule has 2 aliphatic rings. The third kappa shape index (κ3) is 3.88. The topological polar surface area (TPSA) is 64.6 Å². The first kappa shape index (κ1) is 20.0. The number of carbonyl (C=O) groups is 2. The van der Waals surface area contributed by atoms with E-state index in [0.29, 0.717) is 17.6 Å². The van der Waals surface area contributed by atoms with E-state index in [0.717, 1.165) is 41.1 Å². The van der Waals surface area contributed by atoms with Crippen LogP contribution in [-0.2, 0) is 20.9 Å². The molecule has 5 heteroatoms. The van der Waals surface area contributed by atoms with Crippen molar-refractivity contribution in [2.75, 3.05) is 7.11 Å². The van der Waals surface area contributed by atoms with Gasteiger partial charge in [-0.05, 0) is 43.0 Å². The number of nitrogens with one attached hydrogen (secondary N) is 1. The molecule has 0 saturated carbocycles. The van der Waals surface area contributed by atoms with Gasteiger partial charge in [0.2, 0.25) is 0 Å². The number of ether oxygens (including phenoxy) is 2. The second-order valence-corrected chi connectivity index (χ2v) is 7.60. The Balaban J connectivity index is 1.70. The maximum Gasteiger partial charge on any atom is 0.337 e. The van der Waals surface area contributed by atoms with Crippen LogP contribution < -0.4 is 10.1 Å². The molecule has 5 nitrogen and oxygen atoms in total.